The number of aryl methyl sites for hydroxylation is 1. The Hall–Kier alpha value is -1.77. The molecule has 0 atom stereocenters. The van der Waals surface area contributed by atoms with Crippen molar-refractivity contribution in [1.29, 1.82) is 0 Å². The highest BCUT2D eigenvalue weighted by Crippen LogP contribution is 2.23. The van der Waals surface area contributed by atoms with E-state index < -0.39 is 10.0 Å². The third-order valence-corrected chi connectivity index (χ3v) is 6.34. The SMILES string of the molecule is Cc1ccc(C(=O)NCc2ccc(S(=O)(=O)N(C)C)s2)cn1. The van der Waals surface area contributed by atoms with E-state index in [0.29, 0.717) is 5.56 Å². The Bertz CT molecular complexity index is 765. The summed E-state index contributed by atoms with van der Waals surface area (Å²) in [5.41, 5.74) is 1.32. The van der Waals surface area contributed by atoms with Gasteiger partial charge in [-0.3, -0.25) is 9.78 Å². The van der Waals surface area contributed by atoms with Crippen LogP contribution in [0, 0.1) is 6.92 Å². The van der Waals surface area contributed by atoms with E-state index >= 15 is 0 Å². The van der Waals surface area contributed by atoms with Crippen molar-refractivity contribution in [3.63, 3.8) is 0 Å². The molecule has 22 heavy (non-hydrogen) atoms. The highest BCUT2D eigenvalue weighted by Gasteiger charge is 2.19. The van der Waals surface area contributed by atoms with E-state index in [2.05, 4.69) is 10.3 Å². The summed E-state index contributed by atoms with van der Waals surface area (Å²) in [4.78, 5) is 16.8. The van der Waals surface area contributed by atoms with Gasteiger partial charge in [-0.25, -0.2) is 12.7 Å². The number of rotatable bonds is 5. The summed E-state index contributed by atoms with van der Waals surface area (Å²) in [6, 6.07) is 6.72. The van der Waals surface area contributed by atoms with Gasteiger partial charge < -0.3 is 5.32 Å². The van der Waals surface area contributed by atoms with Crippen molar-refractivity contribution in [2.75, 3.05) is 14.1 Å². The minimum atomic E-state index is -3.42. The second-order valence-electron chi connectivity index (χ2n) is 4.88. The Kier molecular flexibility index (Phi) is 4.94. The number of nitrogens with one attached hydrogen (secondary N) is 1. The van der Waals surface area contributed by atoms with Gasteiger partial charge in [0, 0.05) is 30.9 Å². The first-order valence-electron chi connectivity index (χ1n) is 6.53. The topological polar surface area (TPSA) is 79.4 Å². The van der Waals surface area contributed by atoms with Crippen molar-refractivity contribution >= 4 is 27.3 Å². The standard InChI is InChI=1S/C14H17N3O3S2/c1-10-4-5-11(8-15-10)14(18)16-9-12-6-7-13(21-12)22(19,20)17(2)3/h4-8H,9H2,1-3H3,(H,16,18). The fraction of sp³-hybridized carbons (Fsp3) is 0.286. The molecule has 0 saturated heterocycles. The van der Waals surface area contributed by atoms with Gasteiger partial charge in [-0.2, -0.15) is 0 Å². The van der Waals surface area contributed by atoms with Crippen LogP contribution >= 0.6 is 11.3 Å². The number of hydrogen-bond donors (Lipinski definition) is 1. The molecule has 0 aliphatic rings. The first-order valence-corrected chi connectivity index (χ1v) is 8.78. The zero-order valence-electron chi connectivity index (χ0n) is 12.5. The third-order valence-electron chi connectivity index (χ3n) is 2.97. The number of pyridine rings is 1. The molecular formula is C14H17N3O3S2. The molecule has 6 nitrogen and oxygen atoms in total. The van der Waals surface area contributed by atoms with E-state index in [-0.39, 0.29) is 16.7 Å². The van der Waals surface area contributed by atoms with E-state index in [0.717, 1.165) is 21.9 Å². The van der Waals surface area contributed by atoms with Crippen molar-refractivity contribution in [3.05, 3.63) is 46.6 Å². The van der Waals surface area contributed by atoms with Gasteiger partial charge in [-0.1, -0.05) is 0 Å². The molecule has 0 saturated carbocycles. The number of thiophene rings is 1. The number of carbonyl (C=O) groups excluding carboxylic acids is 1. The van der Waals surface area contributed by atoms with E-state index in [1.165, 1.54) is 24.6 Å². The lowest BCUT2D eigenvalue weighted by Crippen LogP contribution is -2.22. The lowest BCUT2D eigenvalue weighted by molar-refractivity contribution is 0.0951. The fourth-order valence-corrected chi connectivity index (χ4v) is 4.11. The number of carbonyl (C=O) groups is 1. The van der Waals surface area contributed by atoms with Crippen LogP contribution in [0.25, 0.3) is 0 Å². The van der Waals surface area contributed by atoms with Crippen LogP contribution in [0.4, 0.5) is 0 Å². The largest absolute Gasteiger partial charge is 0.347 e. The van der Waals surface area contributed by atoms with E-state index in [9.17, 15) is 13.2 Å². The first-order chi connectivity index (χ1) is 10.3. The molecule has 0 aliphatic heterocycles. The first kappa shape index (κ1) is 16.6. The van der Waals surface area contributed by atoms with Crippen LogP contribution in [0.2, 0.25) is 0 Å². The molecule has 0 bridgehead atoms. The quantitative estimate of drug-likeness (QED) is 0.898. The van der Waals surface area contributed by atoms with Gasteiger partial charge in [0.15, 0.2) is 0 Å². The molecule has 0 aromatic carbocycles. The van der Waals surface area contributed by atoms with E-state index in [4.69, 9.17) is 0 Å². The van der Waals surface area contributed by atoms with Crippen molar-refractivity contribution in [1.82, 2.24) is 14.6 Å². The van der Waals surface area contributed by atoms with E-state index in [1.807, 2.05) is 6.92 Å². The van der Waals surface area contributed by atoms with Crippen LogP contribution in [0.3, 0.4) is 0 Å². The summed E-state index contributed by atoms with van der Waals surface area (Å²) in [6.45, 7) is 2.13. The molecular weight excluding hydrogens is 322 g/mol. The van der Waals surface area contributed by atoms with Crippen molar-refractivity contribution < 1.29 is 13.2 Å². The summed E-state index contributed by atoms with van der Waals surface area (Å²) in [5.74, 6) is -0.238. The number of amides is 1. The molecule has 1 amide bonds. The number of sulfonamides is 1. The number of hydrogen-bond acceptors (Lipinski definition) is 5. The Balaban J connectivity index is 2.02. The van der Waals surface area contributed by atoms with Crippen LogP contribution in [-0.2, 0) is 16.6 Å². The molecule has 2 heterocycles. The highest BCUT2D eigenvalue weighted by atomic mass is 32.2. The second-order valence-corrected chi connectivity index (χ2v) is 8.43. The van der Waals surface area contributed by atoms with Gasteiger partial charge in [0.05, 0.1) is 12.1 Å². The molecule has 2 aromatic rings. The maximum absolute atomic E-state index is 12.0. The summed E-state index contributed by atoms with van der Waals surface area (Å²) in [6.07, 6.45) is 1.51. The molecule has 1 N–H and O–H groups in total. The smallest absolute Gasteiger partial charge is 0.253 e. The highest BCUT2D eigenvalue weighted by molar-refractivity contribution is 7.91. The molecule has 0 aliphatic carbocycles. The Morgan fingerprint density at radius 1 is 1.27 bits per heavy atom. The maximum atomic E-state index is 12.0. The van der Waals surface area contributed by atoms with Crippen LogP contribution in [0.5, 0.6) is 0 Å². The summed E-state index contributed by atoms with van der Waals surface area (Å²) >= 11 is 1.15. The molecule has 118 valence electrons. The summed E-state index contributed by atoms with van der Waals surface area (Å²) in [7, 11) is -0.448. The molecule has 0 spiro atoms. The Labute approximate surface area is 133 Å². The lowest BCUT2D eigenvalue weighted by atomic mass is 10.2. The summed E-state index contributed by atoms with van der Waals surface area (Å²) < 4.78 is 25.4. The van der Waals surface area contributed by atoms with Gasteiger partial charge in [-0.15, -0.1) is 11.3 Å². The molecule has 8 heteroatoms. The third kappa shape index (κ3) is 3.70. The second kappa shape index (κ2) is 6.55. The van der Waals surface area contributed by atoms with Crippen LogP contribution in [0.1, 0.15) is 20.9 Å². The zero-order chi connectivity index (χ0) is 16.3. The minimum Gasteiger partial charge on any atom is -0.347 e. The molecule has 0 radical (unpaired) electrons. The van der Waals surface area contributed by atoms with Gasteiger partial charge in [0.2, 0.25) is 0 Å². The zero-order valence-corrected chi connectivity index (χ0v) is 14.2. The average Bonchev–Trinajstić information content (AvgIpc) is 2.95. The lowest BCUT2D eigenvalue weighted by Gasteiger charge is -2.08. The van der Waals surface area contributed by atoms with Gasteiger partial charge in [-0.05, 0) is 31.2 Å². The normalized spacial score (nSPS) is 11.6. The predicted octanol–water partition coefficient (Wildman–Crippen LogP) is 1.63. The summed E-state index contributed by atoms with van der Waals surface area (Å²) in [5, 5.41) is 2.75. The number of aromatic nitrogens is 1. The average molecular weight is 339 g/mol. The molecule has 2 rings (SSSR count). The Morgan fingerprint density at radius 2 is 2.00 bits per heavy atom. The van der Waals surface area contributed by atoms with Crippen molar-refractivity contribution in [3.8, 4) is 0 Å². The van der Waals surface area contributed by atoms with E-state index in [1.54, 1.807) is 24.3 Å². The molecule has 2 aromatic heterocycles. The van der Waals surface area contributed by atoms with Gasteiger partial charge in [0.25, 0.3) is 15.9 Å². The number of nitrogens with zero attached hydrogens (tertiary/aromatic N) is 2. The monoisotopic (exact) mass is 339 g/mol. The van der Waals surface area contributed by atoms with Crippen molar-refractivity contribution in [2.45, 2.75) is 17.7 Å². The van der Waals surface area contributed by atoms with Crippen LogP contribution in [-0.4, -0.2) is 37.7 Å². The predicted molar refractivity (Wildman–Crippen MR) is 85.3 cm³/mol. The maximum Gasteiger partial charge on any atom is 0.253 e. The molecule has 0 unspecified atom stereocenters. The van der Waals surface area contributed by atoms with Crippen LogP contribution in [0.15, 0.2) is 34.7 Å². The fourth-order valence-electron chi connectivity index (χ4n) is 1.64. The molecule has 0 fully saturated rings. The van der Waals surface area contributed by atoms with Gasteiger partial charge >= 0.3 is 0 Å². The van der Waals surface area contributed by atoms with Crippen LogP contribution < -0.4 is 5.32 Å². The van der Waals surface area contributed by atoms with Crippen molar-refractivity contribution in [2.24, 2.45) is 0 Å². The minimum absolute atomic E-state index is 0.238. The Morgan fingerprint density at radius 3 is 2.59 bits per heavy atom. The van der Waals surface area contributed by atoms with Gasteiger partial charge in [0.1, 0.15) is 4.21 Å².